The van der Waals surface area contributed by atoms with Crippen LogP contribution in [0.15, 0.2) is 40.9 Å². The number of piperidine rings is 1. The number of nitrogens with zero attached hydrogens (tertiary/aromatic N) is 2. The fourth-order valence-electron chi connectivity index (χ4n) is 5.18. The number of aliphatic hydroxyl groups is 1. The number of likely N-dealkylation sites (tertiary alicyclic amines) is 1. The molecule has 0 saturated carbocycles. The number of nitrogens with one attached hydrogen (secondary N) is 1. The van der Waals surface area contributed by atoms with E-state index in [2.05, 4.69) is 16.9 Å². The van der Waals surface area contributed by atoms with E-state index in [1.807, 2.05) is 19.9 Å². The van der Waals surface area contributed by atoms with Gasteiger partial charge in [0.05, 0.1) is 36.6 Å². The van der Waals surface area contributed by atoms with Crippen LogP contribution in [0.5, 0.6) is 11.6 Å². The van der Waals surface area contributed by atoms with Gasteiger partial charge in [0.2, 0.25) is 11.8 Å². The number of aliphatic hydroxyl groups excluding tert-OH is 1. The third-order valence-corrected chi connectivity index (χ3v) is 9.60. The van der Waals surface area contributed by atoms with Gasteiger partial charge >= 0.3 is 6.11 Å². The van der Waals surface area contributed by atoms with E-state index in [1.165, 1.54) is 26.3 Å². The maximum Gasteiger partial charge on any atom is 0.400 e. The summed E-state index contributed by atoms with van der Waals surface area (Å²) in [7, 11) is 1.38. The predicted molar refractivity (Wildman–Crippen MR) is 168 cm³/mol. The Morgan fingerprint density at radius 3 is 2.53 bits per heavy atom. The van der Waals surface area contributed by atoms with Crippen molar-refractivity contribution in [3.63, 3.8) is 0 Å². The quantitative estimate of drug-likeness (QED) is 0.160. The number of ether oxygens (including phenoxy) is 2. The number of carbonyl (C=O) groups excluding carboxylic acids is 1. The van der Waals surface area contributed by atoms with E-state index in [0.717, 1.165) is 23.7 Å². The van der Waals surface area contributed by atoms with Gasteiger partial charge in [-0.2, -0.15) is 8.78 Å². The summed E-state index contributed by atoms with van der Waals surface area (Å²) in [4.78, 5) is 19.7. The summed E-state index contributed by atoms with van der Waals surface area (Å²) >= 11 is 1.14. The summed E-state index contributed by atoms with van der Waals surface area (Å²) in [5, 5.41) is 12.7. The first-order valence-electron chi connectivity index (χ1n) is 15.2. The highest BCUT2D eigenvalue weighted by atomic mass is 32.2. The normalized spacial score (nSPS) is 19.0. The van der Waals surface area contributed by atoms with E-state index in [9.17, 15) is 18.7 Å². The number of aromatic nitrogens is 1. The second-order valence-corrected chi connectivity index (χ2v) is 12.9. The number of pyridine rings is 1. The molecule has 45 heavy (non-hydrogen) atoms. The van der Waals surface area contributed by atoms with E-state index in [-0.39, 0.29) is 47.7 Å². The Bertz CT molecular complexity index is 1360. The van der Waals surface area contributed by atoms with E-state index in [0.29, 0.717) is 16.0 Å². The number of hydrogen-bond acceptors (Lipinski definition) is 7. The van der Waals surface area contributed by atoms with Crippen molar-refractivity contribution in [1.82, 2.24) is 15.2 Å². The molecule has 4 unspecified atom stereocenters. The van der Waals surface area contributed by atoms with Gasteiger partial charge in [0.25, 0.3) is 5.92 Å². The molecule has 3 rings (SSSR count). The van der Waals surface area contributed by atoms with Crippen LogP contribution in [-0.4, -0.2) is 59.2 Å². The lowest BCUT2D eigenvalue weighted by Gasteiger charge is -2.40. The number of rotatable bonds is 14. The second-order valence-electron chi connectivity index (χ2n) is 11.8. The van der Waals surface area contributed by atoms with Gasteiger partial charge < -0.3 is 19.9 Å². The molecule has 1 fully saturated rings. The van der Waals surface area contributed by atoms with E-state index >= 15 is 8.78 Å². The first kappa shape index (κ1) is 36.6. The van der Waals surface area contributed by atoms with E-state index < -0.39 is 48.8 Å². The molecule has 0 radical (unpaired) electrons. The third kappa shape index (κ3) is 8.71. The minimum atomic E-state index is -3.36. The van der Waals surface area contributed by atoms with Gasteiger partial charge in [0, 0.05) is 36.2 Å². The van der Waals surface area contributed by atoms with Crippen LogP contribution >= 0.6 is 11.8 Å². The first-order chi connectivity index (χ1) is 21.1. The number of amides is 1. The number of benzene rings is 1. The second kappa shape index (κ2) is 15.2. The van der Waals surface area contributed by atoms with Crippen LogP contribution in [0, 0.1) is 12.8 Å². The Hall–Kier alpha value is -2.83. The predicted octanol–water partition coefficient (Wildman–Crippen LogP) is 7.61. The number of carbonyl (C=O) groups is 1. The smallest absolute Gasteiger partial charge is 0.400 e. The topological polar surface area (TPSA) is 83.9 Å². The molecule has 7 nitrogen and oxygen atoms in total. The Morgan fingerprint density at radius 1 is 1.24 bits per heavy atom. The summed E-state index contributed by atoms with van der Waals surface area (Å²) < 4.78 is 70.0. The molecule has 2 heterocycles. The van der Waals surface area contributed by atoms with Crippen molar-refractivity contribution in [3.8, 4) is 11.6 Å². The molecule has 1 aliphatic rings. The average molecular weight is 656 g/mol. The van der Waals surface area contributed by atoms with Gasteiger partial charge in [-0.25, -0.2) is 13.8 Å². The van der Waals surface area contributed by atoms with Crippen molar-refractivity contribution in [2.45, 2.75) is 102 Å². The number of methoxy groups -OCH3 is 1. The molecule has 1 aliphatic heterocycles. The number of hydrogen-bond donors (Lipinski definition) is 2. The van der Waals surface area contributed by atoms with E-state index in [1.54, 1.807) is 31.7 Å². The zero-order valence-corrected chi connectivity index (χ0v) is 27.9. The Morgan fingerprint density at radius 2 is 1.93 bits per heavy atom. The molecule has 0 aliphatic carbocycles. The molecule has 1 aromatic carbocycles. The molecule has 250 valence electrons. The van der Waals surface area contributed by atoms with Crippen LogP contribution in [0.4, 0.5) is 17.6 Å². The molecule has 2 aromatic rings. The van der Waals surface area contributed by atoms with Gasteiger partial charge in [-0.3, -0.25) is 9.69 Å². The maximum atomic E-state index is 15.1. The number of aryl methyl sites for hydroxylation is 1. The molecule has 1 aromatic heterocycles. The summed E-state index contributed by atoms with van der Waals surface area (Å²) in [6.45, 7) is 14.0. The van der Waals surface area contributed by atoms with Crippen LogP contribution in [0.1, 0.15) is 88.0 Å². The van der Waals surface area contributed by atoms with Crippen molar-refractivity contribution in [1.29, 1.82) is 0 Å². The Kier molecular flexibility index (Phi) is 12.4. The summed E-state index contributed by atoms with van der Waals surface area (Å²) in [6.07, 6.45) is -1.45. The maximum absolute atomic E-state index is 15.1. The van der Waals surface area contributed by atoms with Crippen molar-refractivity contribution < 1.29 is 36.9 Å². The number of thioether (sulfide) groups is 1. The molecular formula is C33H45F4N3O4S. The van der Waals surface area contributed by atoms with Gasteiger partial charge in [-0.05, 0) is 61.4 Å². The van der Waals surface area contributed by atoms with Crippen LogP contribution in [0.25, 0.3) is 0 Å². The number of halogens is 4. The van der Waals surface area contributed by atoms with Crippen molar-refractivity contribution in [2.24, 2.45) is 5.92 Å². The molecule has 4 atom stereocenters. The highest BCUT2D eigenvalue weighted by molar-refractivity contribution is 8.03. The van der Waals surface area contributed by atoms with Gasteiger partial charge in [0.15, 0.2) is 0 Å². The highest BCUT2D eigenvalue weighted by Crippen LogP contribution is 2.42. The monoisotopic (exact) mass is 655 g/mol. The van der Waals surface area contributed by atoms with Gasteiger partial charge in [-0.15, -0.1) is 0 Å². The fourth-order valence-corrected chi connectivity index (χ4v) is 6.14. The minimum Gasteiger partial charge on any atom is -0.481 e. The fraction of sp³-hybridized carbons (Fsp3) is 0.576. The molecule has 1 amide bonds. The first-order valence-corrected chi connectivity index (χ1v) is 16.0. The highest BCUT2D eigenvalue weighted by Gasteiger charge is 2.46. The van der Waals surface area contributed by atoms with Crippen molar-refractivity contribution in [2.75, 3.05) is 20.2 Å². The Labute approximate surface area is 267 Å². The lowest BCUT2D eigenvalue weighted by atomic mass is 9.86. The molecule has 0 bridgehead atoms. The molecule has 12 heteroatoms. The molecule has 2 N–H and O–H groups in total. The van der Waals surface area contributed by atoms with Crippen LogP contribution in [0.3, 0.4) is 0 Å². The van der Waals surface area contributed by atoms with Crippen LogP contribution in [-0.2, 0) is 11.4 Å². The molecular weight excluding hydrogens is 610 g/mol. The van der Waals surface area contributed by atoms with Crippen LogP contribution in [0.2, 0.25) is 0 Å². The van der Waals surface area contributed by atoms with E-state index in [4.69, 9.17) is 9.47 Å². The average Bonchev–Trinajstić information content (AvgIpc) is 3.00. The summed E-state index contributed by atoms with van der Waals surface area (Å²) in [5.41, 5.74) is 2.04. The molecule has 0 spiro atoms. The minimum absolute atomic E-state index is 0.00460. The third-order valence-electron chi connectivity index (χ3n) is 8.68. The lowest BCUT2D eigenvalue weighted by molar-refractivity contribution is -0.212. The zero-order chi connectivity index (χ0) is 33.7. The van der Waals surface area contributed by atoms with Gasteiger partial charge in [-0.1, -0.05) is 52.1 Å². The van der Waals surface area contributed by atoms with Crippen molar-refractivity contribution in [3.05, 3.63) is 58.3 Å². The number of alkyl halides is 4. The lowest BCUT2D eigenvalue weighted by Crippen LogP contribution is -2.53. The Balaban J connectivity index is 1.77. The largest absolute Gasteiger partial charge is 0.481 e. The SMILES string of the molecule is C=C(NC(=O)C(C)N1CCC(F)(F)C(c2cnc(OC)c(CO)c2)C1)Sc1cc(OC(F)(F)C(C)CC)c(C)cc1C(C)CC. The van der Waals surface area contributed by atoms with Crippen LogP contribution < -0.4 is 14.8 Å². The zero-order valence-electron chi connectivity index (χ0n) is 27.1. The standard InChI is InChI=1S/C33H45F4N3O4S/c1-9-19(3)26-13-20(4)28(44-33(36,37)21(5)10-2)15-29(26)45-23(7)39-30(42)22(6)40-12-11-32(34,35)27(17-40)24-14-25(18-41)31(43-8)38-16-24/h13-16,19,21-22,27,41H,7,9-12,17-18H2,1-6,8H3,(H,39,42). The molecule has 1 saturated heterocycles. The summed E-state index contributed by atoms with van der Waals surface area (Å²) in [5.74, 6) is -5.39. The van der Waals surface area contributed by atoms with Gasteiger partial charge in [0.1, 0.15) is 5.75 Å². The summed E-state index contributed by atoms with van der Waals surface area (Å²) in [6, 6.07) is 4.09. The van der Waals surface area contributed by atoms with Crippen molar-refractivity contribution >= 4 is 17.7 Å².